The maximum atomic E-state index is 2.59. The van der Waals surface area contributed by atoms with Crippen molar-refractivity contribution >= 4 is 124 Å². The van der Waals surface area contributed by atoms with Gasteiger partial charge in [0, 0.05) is 44.3 Å². The zero-order chi connectivity index (χ0) is 77.7. The van der Waals surface area contributed by atoms with Gasteiger partial charge in [-0.3, -0.25) is 0 Å². The zero-order valence-electron chi connectivity index (χ0n) is 68.3. The predicted molar refractivity (Wildman–Crippen MR) is 499 cm³/mol. The summed E-state index contributed by atoms with van der Waals surface area (Å²) in [5, 5.41) is 9.71. The summed E-state index contributed by atoms with van der Waals surface area (Å²) in [6.07, 6.45) is 35.5. The van der Waals surface area contributed by atoms with Crippen LogP contribution in [0.1, 0.15) is 201 Å². The van der Waals surface area contributed by atoms with Gasteiger partial charge < -0.3 is 9.80 Å². The lowest BCUT2D eigenvalue weighted by molar-refractivity contribution is 0.430. The van der Waals surface area contributed by atoms with Gasteiger partial charge >= 0.3 is 0 Å². The van der Waals surface area contributed by atoms with Gasteiger partial charge in [0.25, 0.3) is 0 Å². The number of aryl methyl sites for hydroxylation is 5. The lowest BCUT2D eigenvalue weighted by atomic mass is 9.80. The second-order valence-electron chi connectivity index (χ2n) is 34.4. The Bertz CT molecular complexity index is 5660. The molecule has 2 nitrogen and oxygen atoms in total. The molecule has 18 rings (SSSR count). The van der Waals surface area contributed by atoms with E-state index < -0.39 is 0 Å². The Kier molecular flexibility index (Phi) is 22.2. The Morgan fingerprint density at radius 2 is 0.539 bits per heavy atom. The Labute approximate surface area is 684 Å². The largest absolute Gasteiger partial charge is 0.309 e. The third-order valence-electron chi connectivity index (χ3n) is 26.4. The van der Waals surface area contributed by atoms with Gasteiger partial charge in [0.15, 0.2) is 0 Å². The van der Waals surface area contributed by atoms with E-state index in [4.69, 9.17) is 0 Å². The van der Waals surface area contributed by atoms with E-state index in [-0.39, 0.29) is 0 Å². The molecule has 115 heavy (non-hydrogen) atoms. The van der Waals surface area contributed by atoms with E-state index in [0.29, 0.717) is 23.7 Å². The third-order valence-corrected chi connectivity index (χ3v) is 26.4. The van der Waals surface area contributed by atoms with E-state index in [1.165, 1.54) is 289 Å². The van der Waals surface area contributed by atoms with Crippen molar-refractivity contribution < 1.29 is 0 Å². The minimum atomic E-state index is 0.540. The standard InChI is InChI=1S/C113H110N2/c1-77-40-56-90(57-41-77)105(86-25-10-6-11-26-86)72-82-48-64-95(65-49-82)114(96-66-50-83(51-67-96)73-106(87-27-12-7-13-28-87)91-58-42-78(2)43-59-91)112-99-34-19-18-33-94(99)76-109-101(37-23-38-103(109)112)111-100-35-20-21-36-102(100)113(104-39-22-24-81(5)110(104)111)115(97-68-52-84(53-69-97)74-107(88-29-14-8-15-30-88)92-60-44-79(3)45-61-92)98-70-54-85(55-71-98)75-108(89-31-16-9-17-32-89)93-62-46-80(4)47-63-93/h18-24,33-76,86-89H,6-17,25-32H2,1-5H3/b105-72-,106-73-,107-74-,108-75-. The fourth-order valence-corrected chi connectivity index (χ4v) is 20.2. The summed E-state index contributed by atoms with van der Waals surface area (Å²) in [5.74, 6) is 2.16. The van der Waals surface area contributed by atoms with Crippen LogP contribution in [0.2, 0.25) is 0 Å². The molecule has 0 unspecified atom stereocenters. The predicted octanol–water partition coefficient (Wildman–Crippen LogP) is 32.9. The SMILES string of the molecule is Cc1ccc(/C(=C\c2ccc(N(c3ccc(/C=C(\c4ccc(C)cc4)C4CCCCC4)cc3)c3c4ccccc4cc4c(-c5c6ccccc6c(N(c6ccc(/C=C(\c7ccc(C)cc7)C7CCCCC7)cc6)c6ccc(/C=C(\c7ccc(C)cc7)C7CCCCC7)cc6)c6cccc(C)c56)cccc34)cc2)C2CCCCC2)cc1. The average Bonchev–Trinajstić information content (AvgIpc) is 0.712. The molecule has 0 atom stereocenters. The van der Waals surface area contributed by atoms with Gasteiger partial charge in [-0.25, -0.2) is 0 Å². The minimum Gasteiger partial charge on any atom is -0.309 e. The van der Waals surface area contributed by atoms with Gasteiger partial charge in [-0.1, -0.05) is 354 Å². The molecule has 4 fully saturated rings. The molecule has 0 aromatic heterocycles. The molecule has 4 aliphatic carbocycles. The summed E-state index contributed by atoms with van der Waals surface area (Å²) in [4.78, 5) is 5.18. The first kappa shape index (κ1) is 75.1. The Morgan fingerprint density at radius 3 is 0.896 bits per heavy atom. The van der Waals surface area contributed by atoms with Crippen molar-refractivity contribution in [3.8, 4) is 11.1 Å². The van der Waals surface area contributed by atoms with Crippen LogP contribution in [0.5, 0.6) is 0 Å². The van der Waals surface area contributed by atoms with Crippen LogP contribution in [0.25, 0.3) is 101 Å². The number of hydrogen-bond donors (Lipinski definition) is 0. The first-order valence-corrected chi connectivity index (χ1v) is 43.6. The monoisotopic (exact) mass is 1490 g/mol. The molecule has 0 bridgehead atoms. The second-order valence-corrected chi connectivity index (χ2v) is 34.4. The summed E-state index contributed by atoms with van der Waals surface area (Å²) in [6, 6.07) is 111. The molecule has 0 heterocycles. The molecule has 4 saturated carbocycles. The molecule has 0 amide bonds. The van der Waals surface area contributed by atoms with E-state index in [0.717, 1.165) is 22.7 Å². The van der Waals surface area contributed by atoms with E-state index >= 15 is 0 Å². The zero-order valence-corrected chi connectivity index (χ0v) is 68.3. The van der Waals surface area contributed by atoms with Crippen LogP contribution in [0.15, 0.2) is 285 Å². The number of nitrogens with zero attached hydrogens (tertiary/aromatic N) is 2. The highest BCUT2D eigenvalue weighted by Crippen LogP contribution is 2.54. The summed E-state index contributed by atoms with van der Waals surface area (Å²) in [5.41, 5.74) is 31.9. The topological polar surface area (TPSA) is 6.48 Å². The van der Waals surface area contributed by atoms with Gasteiger partial charge in [-0.2, -0.15) is 0 Å². The van der Waals surface area contributed by atoms with Gasteiger partial charge in [-0.15, -0.1) is 0 Å². The van der Waals surface area contributed by atoms with Crippen LogP contribution in [-0.4, -0.2) is 0 Å². The molecule has 0 aliphatic heterocycles. The Balaban J connectivity index is 0.818. The highest BCUT2D eigenvalue weighted by molar-refractivity contribution is 6.27. The van der Waals surface area contributed by atoms with Crippen LogP contribution in [0.3, 0.4) is 0 Å². The van der Waals surface area contributed by atoms with E-state index in [2.05, 4.69) is 354 Å². The van der Waals surface area contributed by atoms with Crippen LogP contribution >= 0.6 is 0 Å². The number of hydrogen-bond acceptors (Lipinski definition) is 2. The Morgan fingerprint density at radius 1 is 0.252 bits per heavy atom. The highest BCUT2D eigenvalue weighted by atomic mass is 15.2. The van der Waals surface area contributed by atoms with E-state index in [9.17, 15) is 0 Å². The van der Waals surface area contributed by atoms with E-state index in [1.54, 1.807) is 0 Å². The van der Waals surface area contributed by atoms with Gasteiger partial charge in [0.1, 0.15) is 0 Å². The number of rotatable bonds is 19. The second kappa shape index (κ2) is 34.0. The Hall–Kier alpha value is -11.3. The fraction of sp³-hybridized carbons (Fsp3) is 0.257. The van der Waals surface area contributed by atoms with Crippen molar-refractivity contribution in [1.29, 1.82) is 0 Å². The van der Waals surface area contributed by atoms with Gasteiger partial charge in [0.2, 0.25) is 0 Å². The van der Waals surface area contributed by atoms with Crippen molar-refractivity contribution in [1.82, 2.24) is 0 Å². The lowest BCUT2D eigenvalue weighted by Gasteiger charge is -2.31. The first-order valence-electron chi connectivity index (χ1n) is 43.6. The summed E-state index contributed by atoms with van der Waals surface area (Å²) in [6.45, 7) is 11.2. The maximum absolute atomic E-state index is 2.59. The highest BCUT2D eigenvalue weighted by Gasteiger charge is 2.29. The van der Waals surface area contributed by atoms with Crippen LogP contribution in [-0.2, 0) is 0 Å². The molecule has 572 valence electrons. The molecular formula is C113H110N2. The van der Waals surface area contributed by atoms with Crippen LogP contribution in [0.4, 0.5) is 34.1 Å². The molecule has 0 radical (unpaired) electrons. The van der Waals surface area contributed by atoms with Crippen molar-refractivity contribution in [3.05, 3.63) is 357 Å². The van der Waals surface area contributed by atoms with Crippen molar-refractivity contribution in [2.24, 2.45) is 23.7 Å². The number of allylic oxidation sites excluding steroid dienone is 4. The maximum Gasteiger partial charge on any atom is 0.0618 e. The van der Waals surface area contributed by atoms with Crippen molar-refractivity contribution in [2.45, 2.75) is 163 Å². The van der Waals surface area contributed by atoms with Gasteiger partial charge in [-0.05, 0) is 269 Å². The quantitative estimate of drug-likeness (QED) is 0.0588. The molecular weight excluding hydrogens is 1390 g/mol. The molecule has 0 spiro atoms. The van der Waals surface area contributed by atoms with Crippen LogP contribution < -0.4 is 9.80 Å². The smallest absolute Gasteiger partial charge is 0.0618 e. The van der Waals surface area contributed by atoms with E-state index in [1.807, 2.05) is 0 Å². The summed E-state index contributed by atoms with van der Waals surface area (Å²) >= 11 is 0. The van der Waals surface area contributed by atoms with Crippen molar-refractivity contribution in [3.63, 3.8) is 0 Å². The molecule has 4 aliphatic rings. The third kappa shape index (κ3) is 16.0. The lowest BCUT2D eigenvalue weighted by Crippen LogP contribution is -2.12. The molecule has 2 heteroatoms. The molecule has 14 aromatic rings. The van der Waals surface area contributed by atoms with Crippen LogP contribution in [0, 0.1) is 58.3 Å². The van der Waals surface area contributed by atoms with Gasteiger partial charge in [0.05, 0.1) is 11.4 Å². The summed E-state index contributed by atoms with van der Waals surface area (Å²) < 4.78 is 0. The molecule has 14 aromatic carbocycles. The molecule has 0 saturated heterocycles. The molecule has 0 N–H and O–H groups in total. The average molecular weight is 1500 g/mol. The first-order chi connectivity index (χ1) is 56.6. The minimum absolute atomic E-state index is 0.540. The van der Waals surface area contributed by atoms with Crippen molar-refractivity contribution in [2.75, 3.05) is 9.80 Å². The number of anilines is 6. The summed E-state index contributed by atoms with van der Waals surface area (Å²) in [7, 11) is 0. The fourth-order valence-electron chi connectivity index (χ4n) is 20.2. The normalized spacial score (nSPS) is 16.1. The number of benzene rings is 14. The number of fused-ring (bicyclic) bond motifs is 4.